The number of rotatable bonds is 7. The topological polar surface area (TPSA) is 111 Å². The maximum absolute atomic E-state index is 12.0. The number of ether oxygens (including phenoxy) is 1. The van der Waals surface area contributed by atoms with Gasteiger partial charge in [0.05, 0.1) is 18.0 Å². The number of carbonyl (C=O) groups is 1. The van der Waals surface area contributed by atoms with Crippen LogP contribution in [0.2, 0.25) is 0 Å². The molecule has 1 rings (SSSR count). The fourth-order valence-corrected chi connectivity index (χ4v) is 2.48. The summed E-state index contributed by atoms with van der Waals surface area (Å²) in [6.45, 7) is 2.09. The van der Waals surface area contributed by atoms with E-state index in [0.29, 0.717) is 24.4 Å². The molecule has 1 aromatic rings. The van der Waals surface area contributed by atoms with Crippen LogP contribution in [0.5, 0.6) is 0 Å². The molecule has 0 aliphatic carbocycles. The lowest BCUT2D eigenvalue weighted by molar-refractivity contribution is -0.120. The Morgan fingerprint density at radius 3 is 2.70 bits per heavy atom. The molecule has 112 valence electrons. The number of anilines is 1. The van der Waals surface area contributed by atoms with E-state index in [1.54, 1.807) is 6.92 Å². The fraction of sp³-hybridized carbons (Fsp3) is 0.417. The number of nitrogens with one attached hydrogen (secondary N) is 2. The predicted molar refractivity (Wildman–Crippen MR) is 75.7 cm³/mol. The van der Waals surface area contributed by atoms with Crippen molar-refractivity contribution in [3.63, 3.8) is 0 Å². The second kappa shape index (κ2) is 7.22. The van der Waals surface area contributed by atoms with E-state index in [-0.39, 0.29) is 11.4 Å². The Bertz CT molecular complexity index is 572. The summed E-state index contributed by atoms with van der Waals surface area (Å²) in [7, 11) is -2.21. The highest BCUT2D eigenvalue weighted by Crippen LogP contribution is 2.16. The lowest BCUT2D eigenvalue weighted by Gasteiger charge is -2.09. The van der Waals surface area contributed by atoms with Crippen LogP contribution in [0, 0.1) is 6.92 Å². The monoisotopic (exact) mass is 301 g/mol. The van der Waals surface area contributed by atoms with Crippen LogP contribution in [0.4, 0.5) is 5.69 Å². The number of amides is 1. The van der Waals surface area contributed by atoms with Gasteiger partial charge in [0.2, 0.25) is 15.9 Å². The lowest BCUT2D eigenvalue weighted by atomic mass is 10.2. The van der Waals surface area contributed by atoms with Crippen LogP contribution in [-0.4, -0.2) is 41.1 Å². The normalized spacial score (nSPS) is 11.3. The van der Waals surface area contributed by atoms with Gasteiger partial charge in [-0.1, -0.05) is 0 Å². The Hall–Kier alpha value is -1.64. The summed E-state index contributed by atoms with van der Waals surface area (Å²) in [4.78, 5) is 11.5. The van der Waals surface area contributed by atoms with E-state index in [9.17, 15) is 13.2 Å². The van der Waals surface area contributed by atoms with Crippen molar-refractivity contribution in [2.24, 2.45) is 0 Å². The van der Waals surface area contributed by atoms with Gasteiger partial charge in [-0.05, 0) is 30.7 Å². The first kappa shape index (κ1) is 16.4. The van der Waals surface area contributed by atoms with Crippen LogP contribution >= 0.6 is 0 Å². The number of aryl methyl sites for hydroxylation is 1. The van der Waals surface area contributed by atoms with Crippen LogP contribution in [-0.2, 0) is 19.6 Å². The molecular formula is C12H19N3O4S. The molecule has 0 saturated carbocycles. The van der Waals surface area contributed by atoms with Gasteiger partial charge in [0.15, 0.2) is 0 Å². The molecule has 0 aliphatic rings. The van der Waals surface area contributed by atoms with Gasteiger partial charge in [-0.25, -0.2) is 13.1 Å². The van der Waals surface area contributed by atoms with E-state index in [4.69, 9.17) is 10.5 Å². The van der Waals surface area contributed by atoms with E-state index in [1.165, 1.54) is 25.3 Å². The Kier molecular flexibility index (Phi) is 5.93. The number of hydrogen-bond donors (Lipinski definition) is 3. The standard InChI is InChI=1S/C12H19N3O4S/c1-9-7-10(3-4-11(9)13)20(17,18)15-8-12(16)14-5-6-19-2/h3-4,7,15H,5-6,8,13H2,1-2H3,(H,14,16). The summed E-state index contributed by atoms with van der Waals surface area (Å²) in [5.41, 5.74) is 6.81. The van der Waals surface area contributed by atoms with Gasteiger partial charge < -0.3 is 15.8 Å². The zero-order valence-corrected chi connectivity index (χ0v) is 12.3. The highest BCUT2D eigenvalue weighted by molar-refractivity contribution is 7.89. The first-order valence-electron chi connectivity index (χ1n) is 5.98. The van der Waals surface area contributed by atoms with Gasteiger partial charge in [-0.3, -0.25) is 4.79 Å². The van der Waals surface area contributed by atoms with Crippen molar-refractivity contribution in [3.05, 3.63) is 23.8 Å². The van der Waals surface area contributed by atoms with Gasteiger partial charge >= 0.3 is 0 Å². The smallest absolute Gasteiger partial charge is 0.241 e. The van der Waals surface area contributed by atoms with Crippen LogP contribution in [0.25, 0.3) is 0 Å². The number of sulfonamides is 1. The van der Waals surface area contributed by atoms with E-state index in [2.05, 4.69) is 10.0 Å². The highest BCUT2D eigenvalue weighted by Gasteiger charge is 2.15. The lowest BCUT2D eigenvalue weighted by Crippen LogP contribution is -2.38. The number of hydrogen-bond acceptors (Lipinski definition) is 5. The third kappa shape index (κ3) is 4.80. The maximum Gasteiger partial charge on any atom is 0.241 e. The van der Waals surface area contributed by atoms with Gasteiger partial charge in [-0.2, -0.15) is 0 Å². The Balaban J connectivity index is 2.61. The molecule has 20 heavy (non-hydrogen) atoms. The minimum Gasteiger partial charge on any atom is -0.399 e. The molecule has 4 N–H and O–H groups in total. The summed E-state index contributed by atoms with van der Waals surface area (Å²) >= 11 is 0. The number of carbonyl (C=O) groups excluding carboxylic acids is 1. The molecular weight excluding hydrogens is 282 g/mol. The van der Waals surface area contributed by atoms with Crippen molar-refractivity contribution < 1.29 is 17.9 Å². The number of benzene rings is 1. The molecule has 0 unspecified atom stereocenters. The van der Waals surface area contributed by atoms with E-state index in [0.717, 1.165) is 0 Å². The van der Waals surface area contributed by atoms with E-state index >= 15 is 0 Å². The third-order valence-corrected chi connectivity index (χ3v) is 4.00. The van der Waals surface area contributed by atoms with Crippen LogP contribution in [0.3, 0.4) is 0 Å². The summed E-state index contributed by atoms with van der Waals surface area (Å²) < 4.78 is 30.9. The predicted octanol–water partition coefficient (Wildman–Crippen LogP) is -0.382. The highest BCUT2D eigenvalue weighted by atomic mass is 32.2. The second-order valence-electron chi connectivity index (χ2n) is 4.19. The Labute approximate surface area is 118 Å². The molecule has 0 aliphatic heterocycles. The van der Waals surface area contributed by atoms with Crippen molar-refractivity contribution in [2.75, 3.05) is 32.5 Å². The molecule has 0 bridgehead atoms. The first-order valence-corrected chi connectivity index (χ1v) is 7.46. The van der Waals surface area contributed by atoms with Gasteiger partial charge in [0.25, 0.3) is 0 Å². The molecule has 1 amide bonds. The molecule has 0 fully saturated rings. The number of nitrogen functional groups attached to an aromatic ring is 1. The van der Waals surface area contributed by atoms with E-state index in [1.807, 2.05) is 0 Å². The average Bonchev–Trinajstić information content (AvgIpc) is 2.40. The SMILES string of the molecule is COCCNC(=O)CNS(=O)(=O)c1ccc(N)c(C)c1. The van der Waals surface area contributed by atoms with Crippen LogP contribution in [0.15, 0.2) is 23.1 Å². The van der Waals surface area contributed by atoms with Crippen LogP contribution < -0.4 is 15.8 Å². The quantitative estimate of drug-likeness (QED) is 0.469. The van der Waals surface area contributed by atoms with Crippen molar-refractivity contribution in [1.82, 2.24) is 10.0 Å². The minimum atomic E-state index is -3.72. The fourth-order valence-electron chi connectivity index (χ4n) is 1.41. The van der Waals surface area contributed by atoms with Gasteiger partial charge in [0.1, 0.15) is 0 Å². The molecule has 0 saturated heterocycles. The van der Waals surface area contributed by atoms with Crippen molar-refractivity contribution in [3.8, 4) is 0 Å². The second-order valence-corrected chi connectivity index (χ2v) is 5.95. The van der Waals surface area contributed by atoms with Crippen molar-refractivity contribution >= 4 is 21.6 Å². The molecule has 8 heteroatoms. The Morgan fingerprint density at radius 1 is 1.40 bits per heavy atom. The van der Waals surface area contributed by atoms with Crippen LogP contribution in [0.1, 0.15) is 5.56 Å². The average molecular weight is 301 g/mol. The molecule has 0 radical (unpaired) electrons. The molecule has 0 spiro atoms. The molecule has 0 heterocycles. The molecule has 0 atom stereocenters. The largest absolute Gasteiger partial charge is 0.399 e. The molecule has 7 nitrogen and oxygen atoms in total. The summed E-state index contributed by atoms with van der Waals surface area (Å²) in [6.07, 6.45) is 0. The van der Waals surface area contributed by atoms with Gasteiger partial charge in [-0.15, -0.1) is 0 Å². The summed E-state index contributed by atoms with van der Waals surface area (Å²) in [5, 5.41) is 2.52. The molecule has 0 aromatic heterocycles. The molecule has 1 aromatic carbocycles. The Morgan fingerprint density at radius 2 is 2.10 bits per heavy atom. The summed E-state index contributed by atoms with van der Waals surface area (Å²) in [5.74, 6) is -0.419. The minimum absolute atomic E-state index is 0.0777. The third-order valence-electron chi connectivity index (χ3n) is 2.60. The van der Waals surface area contributed by atoms with E-state index < -0.39 is 15.9 Å². The van der Waals surface area contributed by atoms with Crippen molar-refractivity contribution in [2.45, 2.75) is 11.8 Å². The van der Waals surface area contributed by atoms with Crippen molar-refractivity contribution in [1.29, 1.82) is 0 Å². The first-order chi connectivity index (χ1) is 9.36. The number of methoxy groups -OCH3 is 1. The zero-order valence-electron chi connectivity index (χ0n) is 11.5. The number of nitrogens with two attached hydrogens (primary N) is 1. The summed E-state index contributed by atoms with van der Waals surface area (Å²) in [6, 6.07) is 4.37. The zero-order chi connectivity index (χ0) is 15.2. The van der Waals surface area contributed by atoms with Gasteiger partial charge in [0, 0.05) is 19.3 Å². The maximum atomic E-state index is 12.0.